The van der Waals surface area contributed by atoms with Crippen LogP contribution < -0.4 is 9.47 Å². The van der Waals surface area contributed by atoms with Crippen LogP contribution in [-0.2, 0) is 0 Å². The standard InChI is InChI=1S/C12H12O3/c1-14-10-6-7-11(15-2)12-8(10)4-3-5-9(12)13/h3-7,13H,1-2H3. The van der Waals surface area contributed by atoms with E-state index >= 15 is 0 Å². The second-order valence-electron chi connectivity index (χ2n) is 3.17. The minimum absolute atomic E-state index is 0.197. The molecule has 0 saturated heterocycles. The summed E-state index contributed by atoms with van der Waals surface area (Å²) in [6, 6.07) is 8.89. The topological polar surface area (TPSA) is 38.7 Å². The van der Waals surface area contributed by atoms with Crippen LogP contribution in [0.2, 0.25) is 0 Å². The van der Waals surface area contributed by atoms with Gasteiger partial charge in [0.2, 0.25) is 0 Å². The molecular formula is C12H12O3. The van der Waals surface area contributed by atoms with Crippen LogP contribution in [0.4, 0.5) is 0 Å². The summed E-state index contributed by atoms with van der Waals surface area (Å²) in [4.78, 5) is 0. The van der Waals surface area contributed by atoms with Crippen molar-refractivity contribution in [2.24, 2.45) is 0 Å². The highest BCUT2D eigenvalue weighted by molar-refractivity contribution is 5.97. The largest absolute Gasteiger partial charge is 0.507 e. The molecule has 0 bridgehead atoms. The van der Waals surface area contributed by atoms with E-state index in [1.807, 2.05) is 12.1 Å². The number of phenols is 1. The van der Waals surface area contributed by atoms with E-state index in [4.69, 9.17) is 9.47 Å². The average molecular weight is 204 g/mol. The first kappa shape index (κ1) is 9.65. The molecule has 2 aromatic rings. The van der Waals surface area contributed by atoms with E-state index in [0.717, 1.165) is 11.1 Å². The second kappa shape index (κ2) is 3.69. The average Bonchev–Trinajstić information content (AvgIpc) is 2.28. The van der Waals surface area contributed by atoms with Crippen molar-refractivity contribution in [2.45, 2.75) is 0 Å². The van der Waals surface area contributed by atoms with Crippen LogP contribution in [0.15, 0.2) is 30.3 Å². The number of ether oxygens (including phenoxy) is 2. The molecule has 0 aliphatic heterocycles. The van der Waals surface area contributed by atoms with Gasteiger partial charge in [-0.1, -0.05) is 12.1 Å². The fourth-order valence-corrected chi connectivity index (χ4v) is 1.68. The first-order valence-corrected chi connectivity index (χ1v) is 4.60. The number of hydrogen-bond acceptors (Lipinski definition) is 3. The Balaban J connectivity index is 2.86. The Bertz CT molecular complexity index is 491. The van der Waals surface area contributed by atoms with Crippen molar-refractivity contribution >= 4 is 10.8 Å². The maximum Gasteiger partial charge on any atom is 0.130 e. The number of fused-ring (bicyclic) bond motifs is 1. The van der Waals surface area contributed by atoms with Crippen LogP contribution in [0, 0.1) is 0 Å². The summed E-state index contributed by atoms with van der Waals surface area (Å²) in [5.74, 6) is 1.56. The van der Waals surface area contributed by atoms with Gasteiger partial charge in [0.1, 0.15) is 17.2 Å². The van der Waals surface area contributed by atoms with Crippen molar-refractivity contribution in [3.05, 3.63) is 30.3 Å². The maximum atomic E-state index is 9.77. The zero-order valence-corrected chi connectivity index (χ0v) is 8.65. The van der Waals surface area contributed by atoms with Crippen molar-refractivity contribution in [3.8, 4) is 17.2 Å². The summed E-state index contributed by atoms with van der Waals surface area (Å²) in [5, 5.41) is 11.3. The summed E-state index contributed by atoms with van der Waals surface area (Å²) in [5.41, 5.74) is 0. The third kappa shape index (κ3) is 1.46. The lowest BCUT2D eigenvalue weighted by Gasteiger charge is -2.10. The van der Waals surface area contributed by atoms with Crippen LogP contribution >= 0.6 is 0 Å². The van der Waals surface area contributed by atoms with E-state index in [-0.39, 0.29) is 5.75 Å². The van der Waals surface area contributed by atoms with Gasteiger partial charge in [0.25, 0.3) is 0 Å². The van der Waals surface area contributed by atoms with Gasteiger partial charge >= 0.3 is 0 Å². The molecule has 3 heteroatoms. The summed E-state index contributed by atoms with van der Waals surface area (Å²) in [6.07, 6.45) is 0. The third-order valence-corrected chi connectivity index (χ3v) is 2.38. The molecule has 0 aliphatic rings. The molecule has 1 N–H and O–H groups in total. The van der Waals surface area contributed by atoms with Crippen molar-refractivity contribution in [3.63, 3.8) is 0 Å². The van der Waals surface area contributed by atoms with Gasteiger partial charge in [-0.2, -0.15) is 0 Å². The minimum atomic E-state index is 0.197. The normalized spacial score (nSPS) is 10.3. The molecule has 0 aromatic heterocycles. The molecule has 0 fully saturated rings. The molecule has 0 spiro atoms. The van der Waals surface area contributed by atoms with Gasteiger partial charge in [0.05, 0.1) is 19.6 Å². The van der Waals surface area contributed by atoms with E-state index < -0.39 is 0 Å². The number of aromatic hydroxyl groups is 1. The number of rotatable bonds is 2. The van der Waals surface area contributed by atoms with Crippen molar-refractivity contribution in [2.75, 3.05) is 14.2 Å². The molecule has 2 aromatic carbocycles. The van der Waals surface area contributed by atoms with Gasteiger partial charge < -0.3 is 14.6 Å². The summed E-state index contributed by atoms with van der Waals surface area (Å²) in [7, 11) is 3.18. The van der Waals surface area contributed by atoms with Gasteiger partial charge in [0.15, 0.2) is 0 Å². The number of hydrogen-bond donors (Lipinski definition) is 1. The molecule has 0 unspecified atom stereocenters. The van der Waals surface area contributed by atoms with Gasteiger partial charge in [-0.3, -0.25) is 0 Å². The van der Waals surface area contributed by atoms with E-state index in [2.05, 4.69) is 0 Å². The van der Waals surface area contributed by atoms with Gasteiger partial charge in [0, 0.05) is 5.39 Å². The minimum Gasteiger partial charge on any atom is -0.507 e. The van der Waals surface area contributed by atoms with Crippen molar-refractivity contribution in [1.29, 1.82) is 0 Å². The van der Waals surface area contributed by atoms with Crippen LogP contribution in [0.1, 0.15) is 0 Å². The first-order valence-electron chi connectivity index (χ1n) is 4.60. The Morgan fingerprint density at radius 1 is 0.933 bits per heavy atom. The van der Waals surface area contributed by atoms with Crippen molar-refractivity contribution in [1.82, 2.24) is 0 Å². The monoisotopic (exact) mass is 204 g/mol. The zero-order valence-electron chi connectivity index (χ0n) is 8.65. The van der Waals surface area contributed by atoms with Gasteiger partial charge in [-0.15, -0.1) is 0 Å². The van der Waals surface area contributed by atoms with E-state index in [1.54, 1.807) is 32.4 Å². The van der Waals surface area contributed by atoms with Gasteiger partial charge in [-0.25, -0.2) is 0 Å². The zero-order chi connectivity index (χ0) is 10.8. The Kier molecular flexibility index (Phi) is 2.37. The van der Waals surface area contributed by atoms with Gasteiger partial charge in [-0.05, 0) is 18.2 Å². The molecule has 2 rings (SSSR count). The van der Waals surface area contributed by atoms with E-state index in [0.29, 0.717) is 11.1 Å². The lowest BCUT2D eigenvalue weighted by molar-refractivity contribution is 0.407. The quantitative estimate of drug-likeness (QED) is 0.817. The van der Waals surface area contributed by atoms with E-state index in [9.17, 15) is 5.11 Å². The first-order chi connectivity index (χ1) is 7.27. The van der Waals surface area contributed by atoms with E-state index in [1.165, 1.54) is 0 Å². The molecule has 78 valence electrons. The Morgan fingerprint density at radius 2 is 1.60 bits per heavy atom. The molecule has 0 atom stereocenters. The molecule has 0 saturated carbocycles. The fourth-order valence-electron chi connectivity index (χ4n) is 1.68. The Morgan fingerprint density at radius 3 is 2.27 bits per heavy atom. The fraction of sp³-hybridized carbons (Fsp3) is 0.167. The predicted molar refractivity (Wildman–Crippen MR) is 58.7 cm³/mol. The smallest absolute Gasteiger partial charge is 0.130 e. The predicted octanol–water partition coefficient (Wildman–Crippen LogP) is 2.56. The molecule has 0 heterocycles. The highest BCUT2D eigenvalue weighted by Crippen LogP contribution is 2.38. The summed E-state index contributed by atoms with van der Waals surface area (Å²) < 4.78 is 10.4. The number of benzene rings is 2. The number of methoxy groups -OCH3 is 2. The molecule has 0 aliphatic carbocycles. The van der Waals surface area contributed by atoms with Crippen LogP contribution in [0.3, 0.4) is 0 Å². The highest BCUT2D eigenvalue weighted by atomic mass is 16.5. The van der Waals surface area contributed by atoms with Crippen molar-refractivity contribution < 1.29 is 14.6 Å². The number of phenolic OH excluding ortho intramolecular Hbond substituents is 1. The molecule has 15 heavy (non-hydrogen) atoms. The maximum absolute atomic E-state index is 9.77. The lowest BCUT2D eigenvalue weighted by Crippen LogP contribution is -1.89. The molecule has 0 radical (unpaired) electrons. The lowest BCUT2D eigenvalue weighted by atomic mass is 10.1. The molecule has 0 amide bonds. The Labute approximate surface area is 87.9 Å². The SMILES string of the molecule is COc1ccc(OC)c2c(O)cccc12. The van der Waals surface area contributed by atoms with Crippen LogP contribution in [-0.4, -0.2) is 19.3 Å². The summed E-state index contributed by atoms with van der Waals surface area (Å²) in [6.45, 7) is 0. The molecule has 3 nitrogen and oxygen atoms in total. The Hall–Kier alpha value is -1.90. The molecular weight excluding hydrogens is 192 g/mol. The highest BCUT2D eigenvalue weighted by Gasteiger charge is 2.09. The van der Waals surface area contributed by atoms with Crippen LogP contribution in [0.5, 0.6) is 17.2 Å². The third-order valence-electron chi connectivity index (χ3n) is 2.38. The second-order valence-corrected chi connectivity index (χ2v) is 3.17. The van der Waals surface area contributed by atoms with Crippen LogP contribution in [0.25, 0.3) is 10.8 Å². The summed E-state index contributed by atoms with van der Waals surface area (Å²) >= 11 is 0.